The summed E-state index contributed by atoms with van der Waals surface area (Å²) < 4.78 is 24.7. The molecule has 0 radical (unpaired) electrons. The highest BCUT2D eigenvalue weighted by atomic mass is 32.2. The molecule has 0 amide bonds. The summed E-state index contributed by atoms with van der Waals surface area (Å²) in [6.07, 6.45) is 4.89. The zero-order valence-corrected chi connectivity index (χ0v) is 13.3. The van der Waals surface area contributed by atoms with Crippen LogP contribution in [0.5, 0.6) is 0 Å². The van der Waals surface area contributed by atoms with Crippen molar-refractivity contribution < 1.29 is 8.42 Å². The Bertz CT molecular complexity index is 552. The van der Waals surface area contributed by atoms with Crippen LogP contribution in [0.1, 0.15) is 44.2 Å². The molecule has 0 saturated heterocycles. The lowest BCUT2D eigenvalue weighted by Gasteiger charge is -2.12. The standard InChI is InChI=1S/C16H25NO2S/c1-3-17-13(2)6-5-11-20(18,19)16-10-9-14-7-4-8-15(14)12-16/h9-10,12-13,17H,3-8,11H2,1-2H3. The number of benzene rings is 1. The average molecular weight is 295 g/mol. The predicted octanol–water partition coefficient (Wildman–Crippen LogP) is 2.73. The van der Waals surface area contributed by atoms with E-state index in [0.717, 1.165) is 32.2 Å². The molecule has 1 aromatic rings. The normalized spacial score (nSPS) is 16.1. The van der Waals surface area contributed by atoms with E-state index < -0.39 is 9.84 Å². The quantitative estimate of drug-likeness (QED) is 0.841. The van der Waals surface area contributed by atoms with Crippen LogP contribution in [-0.2, 0) is 22.7 Å². The molecule has 112 valence electrons. The molecule has 0 heterocycles. The minimum atomic E-state index is -3.12. The van der Waals surface area contributed by atoms with Crippen molar-refractivity contribution in [3.63, 3.8) is 0 Å². The van der Waals surface area contributed by atoms with E-state index in [9.17, 15) is 8.42 Å². The van der Waals surface area contributed by atoms with Gasteiger partial charge in [0.2, 0.25) is 0 Å². The molecule has 1 unspecified atom stereocenters. The number of nitrogens with one attached hydrogen (secondary N) is 1. The topological polar surface area (TPSA) is 46.2 Å². The van der Waals surface area contributed by atoms with E-state index in [0.29, 0.717) is 17.4 Å². The highest BCUT2D eigenvalue weighted by Crippen LogP contribution is 2.25. The van der Waals surface area contributed by atoms with Gasteiger partial charge in [-0.15, -0.1) is 0 Å². The van der Waals surface area contributed by atoms with Gasteiger partial charge in [-0.3, -0.25) is 0 Å². The Labute approximate surface area is 122 Å². The highest BCUT2D eigenvalue weighted by Gasteiger charge is 2.18. The molecule has 0 aromatic heterocycles. The Hall–Kier alpha value is -0.870. The number of sulfone groups is 1. The largest absolute Gasteiger partial charge is 0.315 e. The minimum Gasteiger partial charge on any atom is -0.315 e. The Morgan fingerprint density at radius 1 is 1.25 bits per heavy atom. The molecule has 20 heavy (non-hydrogen) atoms. The Balaban J connectivity index is 1.96. The Kier molecular flexibility index (Phi) is 5.22. The summed E-state index contributed by atoms with van der Waals surface area (Å²) in [5.41, 5.74) is 2.55. The third kappa shape index (κ3) is 3.83. The molecular weight excluding hydrogens is 270 g/mol. The second-order valence-corrected chi connectivity index (χ2v) is 7.81. The van der Waals surface area contributed by atoms with Crippen molar-refractivity contribution >= 4 is 9.84 Å². The lowest BCUT2D eigenvalue weighted by atomic mass is 10.1. The molecule has 0 spiro atoms. The molecule has 0 saturated carbocycles. The van der Waals surface area contributed by atoms with Gasteiger partial charge in [-0.2, -0.15) is 0 Å². The first kappa shape index (κ1) is 15.5. The first-order valence-electron chi connectivity index (χ1n) is 7.61. The number of fused-ring (bicyclic) bond motifs is 1. The third-order valence-corrected chi connectivity index (χ3v) is 5.83. The molecule has 0 fully saturated rings. The number of rotatable bonds is 7. The summed E-state index contributed by atoms with van der Waals surface area (Å²) in [6.45, 7) is 5.10. The van der Waals surface area contributed by atoms with Gasteiger partial charge in [-0.25, -0.2) is 8.42 Å². The highest BCUT2D eigenvalue weighted by molar-refractivity contribution is 7.91. The fourth-order valence-corrected chi connectivity index (χ4v) is 4.27. The van der Waals surface area contributed by atoms with Crippen LogP contribution in [0.15, 0.2) is 23.1 Å². The zero-order valence-electron chi connectivity index (χ0n) is 12.5. The van der Waals surface area contributed by atoms with E-state index in [2.05, 4.69) is 19.2 Å². The fourth-order valence-electron chi connectivity index (χ4n) is 2.89. The molecular formula is C16H25NO2S. The van der Waals surface area contributed by atoms with Gasteiger partial charge >= 0.3 is 0 Å². The molecule has 0 aliphatic heterocycles. The summed E-state index contributed by atoms with van der Waals surface area (Å²) in [5, 5.41) is 3.31. The summed E-state index contributed by atoms with van der Waals surface area (Å²) in [5.74, 6) is 0.252. The van der Waals surface area contributed by atoms with E-state index >= 15 is 0 Å². The van der Waals surface area contributed by atoms with Gasteiger partial charge in [0.05, 0.1) is 10.6 Å². The summed E-state index contributed by atoms with van der Waals surface area (Å²) in [6, 6.07) is 6.06. The van der Waals surface area contributed by atoms with Crippen molar-refractivity contribution in [1.82, 2.24) is 5.32 Å². The van der Waals surface area contributed by atoms with Gasteiger partial charge in [-0.05, 0) is 68.8 Å². The molecule has 2 rings (SSSR count). The summed E-state index contributed by atoms with van der Waals surface area (Å²) >= 11 is 0. The number of aryl methyl sites for hydroxylation is 2. The minimum absolute atomic E-state index is 0.252. The smallest absolute Gasteiger partial charge is 0.178 e. The molecule has 1 N–H and O–H groups in total. The van der Waals surface area contributed by atoms with Crippen molar-refractivity contribution in [3.8, 4) is 0 Å². The van der Waals surface area contributed by atoms with Gasteiger partial charge in [0, 0.05) is 6.04 Å². The second-order valence-electron chi connectivity index (χ2n) is 5.70. The SMILES string of the molecule is CCNC(C)CCCS(=O)(=O)c1ccc2c(c1)CCC2. The van der Waals surface area contributed by atoms with E-state index in [-0.39, 0.29) is 5.75 Å². The van der Waals surface area contributed by atoms with Crippen molar-refractivity contribution in [1.29, 1.82) is 0 Å². The molecule has 3 nitrogen and oxygen atoms in total. The monoisotopic (exact) mass is 295 g/mol. The lowest BCUT2D eigenvalue weighted by molar-refractivity contribution is 0.521. The molecule has 1 aliphatic rings. The van der Waals surface area contributed by atoms with Crippen LogP contribution in [0.4, 0.5) is 0 Å². The maximum Gasteiger partial charge on any atom is 0.178 e. The van der Waals surface area contributed by atoms with Crippen LogP contribution in [0.2, 0.25) is 0 Å². The van der Waals surface area contributed by atoms with Crippen LogP contribution < -0.4 is 5.32 Å². The van der Waals surface area contributed by atoms with Gasteiger partial charge in [0.1, 0.15) is 0 Å². The lowest BCUT2D eigenvalue weighted by Crippen LogP contribution is -2.26. The first-order chi connectivity index (χ1) is 9.53. The van der Waals surface area contributed by atoms with Crippen molar-refractivity contribution in [2.24, 2.45) is 0 Å². The van der Waals surface area contributed by atoms with Gasteiger partial charge in [0.15, 0.2) is 9.84 Å². The molecule has 1 aromatic carbocycles. The van der Waals surface area contributed by atoms with Gasteiger partial charge in [-0.1, -0.05) is 13.0 Å². The van der Waals surface area contributed by atoms with E-state index in [1.165, 1.54) is 11.1 Å². The second kappa shape index (κ2) is 6.72. The van der Waals surface area contributed by atoms with E-state index in [1.807, 2.05) is 12.1 Å². The fraction of sp³-hybridized carbons (Fsp3) is 0.625. The molecule has 1 atom stereocenters. The third-order valence-electron chi connectivity index (χ3n) is 4.03. The Morgan fingerprint density at radius 3 is 2.75 bits per heavy atom. The average Bonchev–Trinajstić information content (AvgIpc) is 2.86. The van der Waals surface area contributed by atoms with E-state index in [4.69, 9.17) is 0 Å². The molecule has 1 aliphatic carbocycles. The van der Waals surface area contributed by atoms with Crippen LogP contribution in [-0.4, -0.2) is 26.8 Å². The molecule has 4 heteroatoms. The van der Waals surface area contributed by atoms with Crippen LogP contribution in [0, 0.1) is 0 Å². The van der Waals surface area contributed by atoms with Crippen molar-refractivity contribution in [2.45, 2.75) is 56.9 Å². The molecule has 0 bridgehead atoms. The van der Waals surface area contributed by atoms with E-state index in [1.54, 1.807) is 6.07 Å². The Morgan fingerprint density at radius 2 is 2.00 bits per heavy atom. The van der Waals surface area contributed by atoms with Crippen molar-refractivity contribution in [3.05, 3.63) is 29.3 Å². The zero-order chi connectivity index (χ0) is 14.6. The van der Waals surface area contributed by atoms with Gasteiger partial charge < -0.3 is 5.32 Å². The van der Waals surface area contributed by atoms with Gasteiger partial charge in [0.25, 0.3) is 0 Å². The van der Waals surface area contributed by atoms with Crippen LogP contribution in [0.3, 0.4) is 0 Å². The predicted molar refractivity (Wildman–Crippen MR) is 82.9 cm³/mol. The maximum absolute atomic E-state index is 12.4. The number of hydrogen-bond donors (Lipinski definition) is 1. The van der Waals surface area contributed by atoms with Crippen LogP contribution >= 0.6 is 0 Å². The summed E-state index contributed by atoms with van der Waals surface area (Å²) in [7, 11) is -3.12. The van der Waals surface area contributed by atoms with Crippen molar-refractivity contribution in [2.75, 3.05) is 12.3 Å². The summed E-state index contributed by atoms with van der Waals surface area (Å²) in [4.78, 5) is 0.509. The van der Waals surface area contributed by atoms with Crippen LogP contribution in [0.25, 0.3) is 0 Å². The first-order valence-corrected chi connectivity index (χ1v) is 9.26. The number of hydrogen-bond acceptors (Lipinski definition) is 3. The maximum atomic E-state index is 12.4.